The predicted octanol–water partition coefficient (Wildman–Crippen LogP) is 0.652. The van der Waals surface area contributed by atoms with E-state index < -0.39 is 0 Å². The van der Waals surface area contributed by atoms with Crippen LogP contribution in [-0.4, -0.2) is 36.2 Å². The summed E-state index contributed by atoms with van der Waals surface area (Å²) in [5, 5.41) is 15.7. The molecule has 1 rings (SSSR count). The second kappa shape index (κ2) is 6.86. The van der Waals surface area contributed by atoms with Gasteiger partial charge in [-0.3, -0.25) is 4.79 Å². The number of rotatable bonds is 6. The molecule has 4 heteroatoms. The predicted molar refractivity (Wildman–Crippen MR) is 64.1 cm³/mol. The van der Waals surface area contributed by atoms with Gasteiger partial charge in [-0.05, 0) is 25.2 Å². The Bertz CT molecular complexity index is 219. The van der Waals surface area contributed by atoms with E-state index in [1.165, 1.54) is 0 Å². The summed E-state index contributed by atoms with van der Waals surface area (Å²) < 4.78 is 0. The van der Waals surface area contributed by atoms with E-state index in [1.54, 1.807) is 0 Å². The van der Waals surface area contributed by atoms with Crippen molar-refractivity contribution in [3.63, 3.8) is 0 Å². The zero-order chi connectivity index (χ0) is 12.0. The van der Waals surface area contributed by atoms with Gasteiger partial charge in [0.1, 0.15) is 0 Å². The van der Waals surface area contributed by atoms with E-state index in [0.29, 0.717) is 18.9 Å². The fraction of sp³-hybridized carbons (Fsp3) is 0.917. The zero-order valence-electron chi connectivity index (χ0n) is 10.3. The third-order valence-electron chi connectivity index (χ3n) is 2.95. The first-order chi connectivity index (χ1) is 7.59. The van der Waals surface area contributed by atoms with Crippen molar-refractivity contribution in [1.82, 2.24) is 10.6 Å². The minimum absolute atomic E-state index is 0.0914. The normalized spacial score (nSPS) is 25.0. The van der Waals surface area contributed by atoms with E-state index in [9.17, 15) is 9.90 Å². The summed E-state index contributed by atoms with van der Waals surface area (Å²) in [4.78, 5) is 11.4. The second-order valence-electron chi connectivity index (χ2n) is 5.01. The molecule has 0 aromatic heterocycles. The van der Waals surface area contributed by atoms with E-state index in [-0.39, 0.29) is 18.1 Å². The number of aliphatic hydroxyl groups excluding tert-OH is 1. The molecule has 0 aromatic carbocycles. The lowest BCUT2D eigenvalue weighted by molar-refractivity contribution is -0.121. The Morgan fingerprint density at radius 1 is 1.44 bits per heavy atom. The number of hydrogen-bond donors (Lipinski definition) is 3. The summed E-state index contributed by atoms with van der Waals surface area (Å²) in [6.45, 7) is 5.55. The Morgan fingerprint density at radius 3 is 2.75 bits per heavy atom. The highest BCUT2D eigenvalue weighted by Crippen LogP contribution is 2.18. The van der Waals surface area contributed by atoms with E-state index in [0.717, 1.165) is 25.8 Å². The maximum absolute atomic E-state index is 11.4. The SMILES string of the molecule is CC(C)CNC(=O)CCNC1CCCC1O. The van der Waals surface area contributed by atoms with Crippen LogP contribution in [0.1, 0.15) is 39.5 Å². The molecule has 2 unspecified atom stereocenters. The minimum atomic E-state index is -0.223. The number of hydrogen-bond acceptors (Lipinski definition) is 3. The summed E-state index contributed by atoms with van der Waals surface area (Å²) in [6.07, 6.45) is 3.26. The van der Waals surface area contributed by atoms with Gasteiger partial charge >= 0.3 is 0 Å². The van der Waals surface area contributed by atoms with Crippen molar-refractivity contribution in [3.05, 3.63) is 0 Å². The van der Waals surface area contributed by atoms with E-state index in [1.807, 2.05) is 0 Å². The molecule has 0 saturated heterocycles. The Hall–Kier alpha value is -0.610. The number of carbonyl (C=O) groups is 1. The van der Waals surface area contributed by atoms with Gasteiger partial charge in [0.15, 0.2) is 0 Å². The van der Waals surface area contributed by atoms with Crippen LogP contribution in [0.3, 0.4) is 0 Å². The van der Waals surface area contributed by atoms with Crippen LogP contribution in [-0.2, 0) is 4.79 Å². The molecule has 1 saturated carbocycles. The van der Waals surface area contributed by atoms with Crippen LogP contribution in [0.2, 0.25) is 0 Å². The summed E-state index contributed by atoms with van der Waals surface area (Å²) >= 11 is 0. The molecule has 94 valence electrons. The lowest BCUT2D eigenvalue weighted by Gasteiger charge is -2.16. The molecule has 0 aromatic rings. The summed E-state index contributed by atoms with van der Waals surface area (Å²) in [5.74, 6) is 0.585. The molecule has 0 radical (unpaired) electrons. The van der Waals surface area contributed by atoms with Crippen molar-refractivity contribution >= 4 is 5.91 Å². The van der Waals surface area contributed by atoms with E-state index in [2.05, 4.69) is 24.5 Å². The molecule has 1 aliphatic rings. The quantitative estimate of drug-likeness (QED) is 0.625. The van der Waals surface area contributed by atoms with Crippen molar-refractivity contribution in [3.8, 4) is 0 Å². The summed E-state index contributed by atoms with van der Waals surface area (Å²) in [6, 6.07) is 0.192. The largest absolute Gasteiger partial charge is 0.392 e. The molecule has 0 aliphatic heterocycles. The molecular weight excluding hydrogens is 204 g/mol. The van der Waals surface area contributed by atoms with E-state index >= 15 is 0 Å². The third-order valence-corrected chi connectivity index (χ3v) is 2.95. The molecule has 2 atom stereocenters. The first kappa shape index (κ1) is 13.5. The molecule has 0 heterocycles. The monoisotopic (exact) mass is 228 g/mol. The van der Waals surface area contributed by atoms with Crippen LogP contribution < -0.4 is 10.6 Å². The number of aliphatic hydroxyl groups is 1. The number of nitrogens with one attached hydrogen (secondary N) is 2. The van der Waals surface area contributed by atoms with Gasteiger partial charge in [-0.2, -0.15) is 0 Å². The first-order valence-corrected chi connectivity index (χ1v) is 6.27. The van der Waals surface area contributed by atoms with Crippen molar-refractivity contribution in [2.75, 3.05) is 13.1 Å². The smallest absolute Gasteiger partial charge is 0.221 e. The molecule has 0 bridgehead atoms. The van der Waals surface area contributed by atoms with Crippen molar-refractivity contribution < 1.29 is 9.90 Å². The fourth-order valence-corrected chi connectivity index (χ4v) is 1.96. The van der Waals surface area contributed by atoms with Crippen molar-refractivity contribution in [1.29, 1.82) is 0 Å². The van der Waals surface area contributed by atoms with Crippen LogP contribution in [0.4, 0.5) is 0 Å². The summed E-state index contributed by atoms with van der Waals surface area (Å²) in [5.41, 5.74) is 0. The Kier molecular flexibility index (Phi) is 5.77. The van der Waals surface area contributed by atoms with Crippen molar-refractivity contribution in [2.24, 2.45) is 5.92 Å². The molecule has 4 nitrogen and oxygen atoms in total. The van der Waals surface area contributed by atoms with Crippen molar-refractivity contribution in [2.45, 2.75) is 51.7 Å². The first-order valence-electron chi connectivity index (χ1n) is 6.27. The maximum Gasteiger partial charge on any atom is 0.221 e. The topological polar surface area (TPSA) is 61.4 Å². The molecule has 1 amide bonds. The lowest BCUT2D eigenvalue weighted by Crippen LogP contribution is -2.38. The van der Waals surface area contributed by atoms with Crippen LogP contribution in [0.5, 0.6) is 0 Å². The van der Waals surface area contributed by atoms with Gasteiger partial charge in [0, 0.05) is 25.6 Å². The Balaban J connectivity index is 2.04. The van der Waals surface area contributed by atoms with Crippen LogP contribution in [0.25, 0.3) is 0 Å². The lowest BCUT2D eigenvalue weighted by atomic mass is 10.2. The average molecular weight is 228 g/mol. The van der Waals surface area contributed by atoms with Crippen LogP contribution >= 0.6 is 0 Å². The van der Waals surface area contributed by atoms with E-state index in [4.69, 9.17) is 0 Å². The average Bonchev–Trinajstić information content (AvgIpc) is 2.61. The highest BCUT2D eigenvalue weighted by molar-refractivity contribution is 5.76. The van der Waals surface area contributed by atoms with Gasteiger partial charge < -0.3 is 15.7 Å². The van der Waals surface area contributed by atoms with Gasteiger partial charge in [-0.25, -0.2) is 0 Å². The third kappa shape index (κ3) is 4.94. The standard InChI is InChI=1S/C12H24N2O2/c1-9(2)8-14-12(16)6-7-13-10-4-3-5-11(10)15/h9-11,13,15H,3-8H2,1-2H3,(H,14,16). The van der Waals surface area contributed by atoms with Gasteiger partial charge in [0.05, 0.1) is 6.10 Å². The number of carbonyl (C=O) groups excluding carboxylic acids is 1. The molecule has 0 spiro atoms. The summed E-state index contributed by atoms with van der Waals surface area (Å²) in [7, 11) is 0. The van der Waals surface area contributed by atoms with Gasteiger partial charge in [0.2, 0.25) is 5.91 Å². The number of amides is 1. The highest BCUT2D eigenvalue weighted by atomic mass is 16.3. The molecule has 1 aliphatic carbocycles. The minimum Gasteiger partial charge on any atom is -0.392 e. The Labute approximate surface area is 97.8 Å². The maximum atomic E-state index is 11.4. The molecule has 1 fully saturated rings. The van der Waals surface area contributed by atoms with Crippen LogP contribution in [0, 0.1) is 5.92 Å². The molecular formula is C12H24N2O2. The Morgan fingerprint density at radius 2 is 2.19 bits per heavy atom. The highest BCUT2D eigenvalue weighted by Gasteiger charge is 2.24. The van der Waals surface area contributed by atoms with Gasteiger partial charge in [-0.1, -0.05) is 13.8 Å². The second-order valence-corrected chi connectivity index (χ2v) is 5.01. The van der Waals surface area contributed by atoms with Crippen LogP contribution in [0.15, 0.2) is 0 Å². The molecule has 3 N–H and O–H groups in total. The fourth-order valence-electron chi connectivity index (χ4n) is 1.96. The van der Waals surface area contributed by atoms with Gasteiger partial charge in [-0.15, -0.1) is 0 Å². The molecule has 16 heavy (non-hydrogen) atoms. The van der Waals surface area contributed by atoms with Gasteiger partial charge in [0.25, 0.3) is 0 Å². The zero-order valence-corrected chi connectivity index (χ0v) is 10.3.